The summed E-state index contributed by atoms with van der Waals surface area (Å²) in [7, 11) is 0. The second-order valence-electron chi connectivity index (χ2n) is 3.29. The summed E-state index contributed by atoms with van der Waals surface area (Å²) in [5.41, 5.74) is 6.93. The molecular formula is C10H15ClFNO. The van der Waals surface area contributed by atoms with E-state index in [1.807, 2.05) is 6.92 Å². The highest BCUT2D eigenvalue weighted by atomic mass is 35.5. The standard InChI is InChI=1S/C10H14FNO.ClH/c1-6-3-4-9(11)8(5-6)10(12)7(2)13;/h3-5,7,10,13H,12H2,1-2H3;1H/t7-,10-;/m0./s1. The van der Waals surface area contributed by atoms with E-state index in [9.17, 15) is 9.50 Å². The van der Waals surface area contributed by atoms with Crippen molar-refractivity contribution in [3.63, 3.8) is 0 Å². The van der Waals surface area contributed by atoms with Gasteiger partial charge in [0.15, 0.2) is 0 Å². The predicted molar refractivity (Wildman–Crippen MR) is 57.0 cm³/mol. The highest BCUT2D eigenvalue weighted by molar-refractivity contribution is 5.85. The molecule has 1 rings (SSSR count). The summed E-state index contributed by atoms with van der Waals surface area (Å²) < 4.78 is 13.2. The molecule has 0 saturated heterocycles. The van der Waals surface area contributed by atoms with Crippen molar-refractivity contribution in [1.82, 2.24) is 0 Å². The van der Waals surface area contributed by atoms with E-state index in [0.717, 1.165) is 5.56 Å². The van der Waals surface area contributed by atoms with Gasteiger partial charge in [0.25, 0.3) is 0 Å². The number of nitrogens with two attached hydrogens (primary N) is 1. The zero-order chi connectivity index (χ0) is 10.0. The topological polar surface area (TPSA) is 46.2 Å². The van der Waals surface area contributed by atoms with E-state index in [2.05, 4.69) is 0 Å². The second kappa shape index (κ2) is 5.29. The summed E-state index contributed by atoms with van der Waals surface area (Å²) in [6, 6.07) is 4.05. The van der Waals surface area contributed by atoms with Crippen LogP contribution in [0.5, 0.6) is 0 Å². The molecule has 0 radical (unpaired) electrons. The van der Waals surface area contributed by atoms with Crippen LogP contribution in [-0.4, -0.2) is 11.2 Å². The van der Waals surface area contributed by atoms with Gasteiger partial charge in [-0.25, -0.2) is 4.39 Å². The molecule has 0 heterocycles. The Labute approximate surface area is 89.3 Å². The van der Waals surface area contributed by atoms with E-state index in [1.54, 1.807) is 19.1 Å². The van der Waals surface area contributed by atoms with Crippen LogP contribution in [0.15, 0.2) is 18.2 Å². The molecule has 14 heavy (non-hydrogen) atoms. The van der Waals surface area contributed by atoms with Crippen molar-refractivity contribution in [2.45, 2.75) is 26.0 Å². The third-order valence-corrected chi connectivity index (χ3v) is 2.03. The third-order valence-electron chi connectivity index (χ3n) is 2.03. The van der Waals surface area contributed by atoms with Crippen LogP contribution in [0.4, 0.5) is 4.39 Å². The van der Waals surface area contributed by atoms with E-state index < -0.39 is 12.1 Å². The molecule has 0 aliphatic rings. The number of hydrogen-bond acceptors (Lipinski definition) is 2. The molecule has 0 aliphatic heterocycles. The van der Waals surface area contributed by atoms with Crippen molar-refractivity contribution < 1.29 is 9.50 Å². The molecule has 0 saturated carbocycles. The molecule has 4 heteroatoms. The average molecular weight is 220 g/mol. The normalized spacial score (nSPS) is 14.4. The van der Waals surface area contributed by atoms with E-state index in [-0.39, 0.29) is 18.2 Å². The van der Waals surface area contributed by atoms with Crippen LogP contribution in [0.25, 0.3) is 0 Å². The van der Waals surface area contributed by atoms with E-state index in [0.29, 0.717) is 5.56 Å². The van der Waals surface area contributed by atoms with Gasteiger partial charge >= 0.3 is 0 Å². The summed E-state index contributed by atoms with van der Waals surface area (Å²) in [6.45, 7) is 3.41. The summed E-state index contributed by atoms with van der Waals surface area (Å²) in [4.78, 5) is 0. The van der Waals surface area contributed by atoms with Gasteiger partial charge in [-0.05, 0) is 19.9 Å². The third kappa shape index (κ3) is 2.94. The van der Waals surface area contributed by atoms with Crippen LogP contribution in [0.2, 0.25) is 0 Å². The number of benzene rings is 1. The maximum atomic E-state index is 13.2. The lowest BCUT2D eigenvalue weighted by atomic mass is 10.0. The molecule has 0 spiro atoms. The van der Waals surface area contributed by atoms with Gasteiger partial charge in [0, 0.05) is 5.56 Å². The fourth-order valence-corrected chi connectivity index (χ4v) is 1.18. The van der Waals surface area contributed by atoms with E-state index >= 15 is 0 Å². The predicted octanol–water partition coefficient (Wildman–Crippen LogP) is 1.94. The maximum absolute atomic E-state index is 13.2. The molecule has 0 fully saturated rings. The fraction of sp³-hybridized carbons (Fsp3) is 0.400. The van der Waals surface area contributed by atoms with Crippen molar-refractivity contribution in [1.29, 1.82) is 0 Å². The Bertz CT molecular complexity index is 304. The number of hydrogen-bond donors (Lipinski definition) is 2. The van der Waals surface area contributed by atoms with Gasteiger partial charge < -0.3 is 10.8 Å². The van der Waals surface area contributed by atoms with Crippen LogP contribution in [0.3, 0.4) is 0 Å². The number of aliphatic hydroxyl groups is 1. The SMILES string of the molecule is Cc1ccc(F)c([C@@H](N)[C@H](C)O)c1.Cl. The number of rotatable bonds is 2. The smallest absolute Gasteiger partial charge is 0.128 e. The monoisotopic (exact) mass is 219 g/mol. The van der Waals surface area contributed by atoms with Gasteiger partial charge in [0.1, 0.15) is 5.82 Å². The molecule has 1 aromatic rings. The van der Waals surface area contributed by atoms with Crippen molar-refractivity contribution in [2.24, 2.45) is 5.73 Å². The van der Waals surface area contributed by atoms with Gasteiger partial charge in [0.05, 0.1) is 12.1 Å². The van der Waals surface area contributed by atoms with Crippen LogP contribution < -0.4 is 5.73 Å². The van der Waals surface area contributed by atoms with Crippen LogP contribution >= 0.6 is 12.4 Å². The Hall–Kier alpha value is -0.640. The van der Waals surface area contributed by atoms with E-state index in [4.69, 9.17) is 5.73 Å². The minimum Gasteiger partial charge on any atom is -0.391 e. The highest BCUT2D eigenvalue weighted by Gasteiger charge is 2.15. The fourth-order valence-electron chi connectivity index (χ4n) is 1.18. The minimum atomic E-state index is -0.740. The quantitative estimate of drug-likeness (QED) is 0.799. The average Bonchev–Trinajstić information content (AvgIpc) is 2.08. The Morgan fingerprint density at radius 3 is 2.50 bits per heavy atom. The van der Waals surface area contributed by atoms with Gasteiger partial charge in [-0.15, -0.1) is 12.4 Å². The summed E-state index contributed by atoms with van der Waals surface area (Å²) in [5, 5.41) is 9.20. The van der Waals surface area contributed by atoms with Gasteiger partial charge in [0.2, 0.25) is 0 Å². The Morgan fingerprint density at radius 2 is 2.00 bits per heavy atom. The molecular weight excluding hydrogens is 205 g/mol. The number of halogens is 2. The molecule has 2 atom stereocenters. The molecule has 2 nitrogen and oxygen atoms in total. The van der Waals surface area contributed by atoms with Gasteiger partial charge in [-0.2, -0.15) is 0 Å². The first-order valence-corrected chi connectivity index (χ1v) is 4.22. The lowest BCUT2D eigenvalue weighted by molar-refractivity contribution is 0.162. The number of aryl methyl sites for hydroxylation is 1. The molecule has 0 aromatic heterocycles. The zero-order valence-corrected chi connectivity index (χ0v) is 9.01. The van der Waals surface area contributed by atoms with Crippen molar-refractivity contribution >= 4 is 12.4 Å². The first kappa shape index (κ1) is 13.4. The lowest BCUT2D eigenvalue weighted by Crippen LogP contribution is -2.24. The molecule has 3 N–H and O–H groups in total. The van der Waals surface area contributed by atoms with Gasteiger partial charge in [-0.1, -0.05) is 17.7 Å². The molecule has 0 aliphatic carbocycles. The summed E-state index contributed by atoms with van der Waals surface area (Å²) in [6.07, 6.45) is -0.740. The van der Waals surface area contributed by atoms with E-state index in [1.165, 1.54) is 6.07 Å². The van der Waals surface area contributed by atoms with Crippen molar-refractivity contribution in [2.75, 3.05) is 0 Å². The van der Waals surface area contributed by atoms with Crippen molar-refractivity contribution in [3.8, 4) is 0 Å². The molecule has 80 valence electrons. The van der Waals surface area contributed by atoms with Crippen LogP contribution in [0.1, 0.15) is 24.1 Å². The Balaban J connectivity index is 0.00000169. The highest BCUT2D eigenvalue weighted by Crippen LogP contribution is 2.19. The summed E-state index contributed by atoms with van der Waals surface area (Å²) in [5.74, 6) is -0.362. The first-order valence-electron chi connectivity index (χ1n) is 4.22. The molecule has 0 amide bonds. The largest absolute Gasteiger partial charge is 0.391 e. The second-order valence-corrected chi connectivity index (χ2v) is 3.29. The first-order chi connectivity index (χ1) is 6.02. The number of aliphatic hydroxyl groups excluding tert-OH is 1. The van der Waals surface area contributed by atoms with Crippen LogP contribution in [0, 0.1) is 12.7 Å². The van der Waals surface area contributed by atoms with Gasteiger partial charge in [-0.3, -0.25) is 0 Å². The molecule has 0 unspecified atom stereocenters. The zero-order valence-electron chi connectivity index (χ0n) is 8.20. The van der Waals surface area contributed by atoms with Crippen molar-refractivity contribution in [3.05, 3.63) is 35.1 Å². The lowest BCUT2D eigenvalue weighted by Gasteiger charge is -2.16. The van der Waals surface area contributed by atoms with Crippen LogP contribution in [-0.2, 0) is 0 Å². The Morgan fingerprint density at radius 1 is 1.43 bits per heavy atom. The Kier molecular flexibility index (Phi) is 5.05. The maximum Gasteiger partial charge on any atom is 0.128 e. The summed E-state index contributed by atoms with van der Waals surface area (Å²) >= 11 is 0. The molecule has 0 bridgehead atoms. The molecule has 1 aromatic carbocycles. The minimum absolute atomic E-state index is 0.